The normalized spacial score (nSPS) is 19.4. The molecule has 3 aromatic heterocycles. The molecule has 2 amide bonds. The van der Waals surface area contributed by atoms with E-state index in [1.165, 1.54) is 21.9 Å². The van der Waals surface area contributed by atoms with Gasteiger partial charge in [-0.25, -0.2) is 13.4 Å². The van der Waals surface area contributed by atoms with Crippen LogP contribution < -0.4 is 16.5 Å². The van der Waals surface area contributed by atoms with Gasteiger partial charge in [0.2, 0.25) is 5.91 Å². The Morgan fingerprint density at radius 1 is 1.30 bits per heavy atom. The Morgan fingerprint density at radius 3 is 2.95 bits per heavy atom. The average molecular weight is 643 g/mol. The van der Waals surface area contributed by atoms with E-state index < -0.39 is 22.0 Å². The smallest absolute Gasteiger partial charge is 0.283 e. The summed E-state index contributed by atoms with van der Waals surface area (Å²) >= 11 is 1.33. The maximum absolute atomic E-state index is 13.8. The third-order valence-electron chi connectivity index (χ3n) is 7.53. The summed E-state index contributed by atoms with van der Waals surface area (Å²) in [6, 6.07) is 6.26. The van der Waals surface area contributed by atoms with Gasteiger partial charge in [0.15, 0.2) is 10.8 Å². The van der Waals surface area contributed by atoms with Crippen LogP contribution in [0.2, 0.25) is 0 Å². The molecule has 2 aliphatic rings. The molecule has 0 spiro atoms. The number of carbonyl (C=O) groups excluding carboxylic acids is 2. The average Bonchev–Trinajstić information content (AvgIpc) is 3.78. The van der Waals surface area contributed by atoms with Crippen molar-refractivity contribution in [2.24, 2.45) is 11.1 Å². The van der Waals surface area contributed by atoms with Crippen molar-refractivity contribution in [1.29, 1.82) is 0 Å². The molecule has 6 rings (SSSR count). The number of amides is 2. The van der Waals surface area contributed by atoms with Crippen LogP contribution in [0.25, 0.3) is 10.9 Å². The lowest BCUT2D eigenvalue weighted by Gasteiger charge is -2.40. The monoisotopic (exact) mass is 642 g/mol. The maximum atomic E-state index is 13.8. The zero-order valence-corrected chi connectivity index (χ0v) is 25.2. The number of hydrogen-bond donors (Lipinski definition) is 5. The number of H-pyrrole nitrogens is 2. The van der Waals surface area contributed by atoms with E-state index in [-0.39, 0.29) is 49.6 Å². The minimum absolute atomic E-state index is 0.00836. The number of oxime groups is 1. The molecule has 2 atom stereocenters. The summed E-state index contributed by atoms with van der Waals surface area (Å²) in [5, 5.41) is 24.1. The molecule has 0 radical (unpaired) electrons. The summed E-state index contributed by atoms with van der Waals surface area (Å²) in [5.41, 5.74) is 2.12. The number of aromatic nitrogens is 6. The highest BCUT2D eigenvalue weighted by atomic mass is 32.2. The van der Waals surface area contributed by atoms with Gasteiger partial charge in [0, 0.05) is 60.8 Å². The summed E-state index contributed by atoms with van der Waals surface area (Å²) in [4.78, 5) is 41.2. The van der Waals surface area contributed by atoms with E-state index in [1.54, 1.807) is 29.2 Å². The second-order valence-electron chi connectivity index (χ2n) is 10.5. The highest BCUT2D eigenvalue weighted by Crippen LogP contribution is 2.28. The van der Waals surface area contributed by atoms with Crippen molar-refractivity contribution in [1.82, 2.24) is 50.4 Å². The molecule has 1 aromatic carbocycles. The van der Waals surface area contributed by atoms with Crippen molar-refractivity contribution in [3.05, 3.63) is 51.2 Å². The van der Waals surface area contributed by atoms with Gasteiger partial charge in [0.25, 0.3) is 15.9 Å². The number of rotatable bonds is 9. The molecular weight excluding hydrogens is 612 g/mol. The van der Waals surface area contributed by atoms with Crippen molar-refractivity contribution in [2.75, 3.05) is 19.6 Å². The van der Waals surface area contributed by atoms with Gasteiger partial charge in [-0.2, -0.15) is 9.52 Å². The van der Waals surface area contributed by atoms with Gasteiger partial charge in [0.05, 0.1) is 24.5 Å². The van der Waals surface area contributed by atoms with Crippen LogP contribution in [-0.2, 0) is 39.3 Å². The number of thiazole rings is 1. The van der Waals surface area contributed by atoms with Gasteiger partial charge in [-0.05, 0) is 24.6 Å². The number of hydrogen-bond acceptors (Lipinski definition) is 13. The quantitative estimate of drug-likeness (QED) is 0.117. The fourth-order valence-corrected chi connectivity index (χ4v) is 7.78. The molecule has 44 heavy (non-hydrogen) atoms. The van der Waals surface area contributed by atoms with Crippen LogP contribution in [0.5, 0.6) is 0 Å². The highest BCUT2D eigenvalue weighted by Gasteiger charge is 2.39. The van der Waals surface area contributed by atoms with E-state index >= 15 is 0 Å². The fraction of sp³-hybridized carbons (Fsp3) is 0.400. The first-order chi connectivity index (χ1) is 21.2. The molecule has 1 fully saturated rings. The van der Waals surface area contributed by atoms with E-state index in [0.717, 1.165) is 10.6 Å². The fourth-order valence-electron chi connectivity index (χ4n) is 5.30. The van der Waals surface area contributed by atoms with Crippen LogP contribution in [0, 0.1) is 0 Å². The Morgan fingerprint density at radius 2 is 2.16 bits per heavy atom. The lowest BCUT2D eigenvalue weighted by Crippen LogP contribution is -2.57. The summed E-state index contributed by atoms with van der Waals surface area (Å²) in [6.45, 7) is 2.76. The van der Waals surface area contributed by atoms with Gasteiger partial charge in [-0.1, -0.05) is 22.5 Å². The van der Waals surface area contributed by atoms with Crippen molar-refractivity contribution in [3.8, 4) is 0 Å². The molecule has 0 saturated carbocycles. The Balaban J connectivity index is 1.24. The molecule has 5 heterocycles. The van der Waals surface area contributed by atoms with Crippen molar-refractivity contribution >= 4 is 50.3 Å². The third-order valence-corrected chi connectivity index (χ3v) is 10.4. The summed E-state index contributed by atoms with van der Waals surface area (Å²) in [7, 11) is -4.02. The zero-order valence-electron chi connectivity index (χ0n) is 23.6. The predicted molar refractivity (Wildman–Crippen MR) is 158 cm³/mol. The maximum Gasteiger partial charge on any atom is 0.283 e. The van der Waals surface area contributed by atoms with Gasteiger partial charge in [0.1, 0.15) is 5.03 Å². The number of nitrogens with zero attached hydrogens (tertiary/aromatic N) is 7. The summed E-state index contributed by atoms with van der Waals surface area (Å²) in [6.07, 6.45) is 1.97. The molecule has 2 unspecified atom stereocenters. The van der Waals surface area contributed by atoms with Gasteiger partial charge >= 0.3 is 0 Å². The van der Waals surface area contributed by atoms with Gasteiger partial charge < -0.3 is 25.5 Å². The lowest BCUT2D eigenvalue weighted by molar-refractivity contribution is -0.122. The van der Waals surface area contributed by atoms with Crippen molar-refractivity contribution in [3.63, 3.8) is 0 Å². The summed E-state index contributed by atoms with van der Waals surface area (Å²) < 4.78 is 28.9. The number of tetrazole rings is 1. The zero-order chi connectivity index (χ0) is 30.8. The standard InChI is InChI=1S/C25H30N12O5S2/c1-14-6-19-20(11-27-14)43-24(31-19)25(39)37-5-4-36(13-17(37)9-22(38)28-12-21-32-34-35-33-21)44(40,41)23-8-16-3-2-15(10-29-42-26)7-18(16)30-23/h2-3,7-8,10,14,17,27,30H,4-6,9,11-13,26H2,1H3,(H,28,38)(H,32,33,34,35)/b29-10+. The number of carbonyl (C=O) groups is 2. The Kier molecular flexibility index (Phi) is 8.36. The van der Waals surface area contributed by atoms with Crippen LogP contribution >= 0.6 is 11.3 Å². The first kappa shape index (κ1) is 29.8. The number of fused-ring (bicyclic) bond motifs is 2. The third kappa shape index (κ3) is 6.17. The predicted octanol–water partition coefficient (Wildman–Crippen LogP) is -0.382. The van der Waals surface area contributed by atoms with Gasteiger partial charge in [-0.3, -0.25) is 9.59 Å². The highest BCUT2D eigenvalue weighted by molar-refractivity contribution is 7.89. The van der Waals surface area contributed by atoms with Crippen LogP contribution in [-0.4, -0.2) is 98.0 Å². The Bertz CT molecular complexity index is 1800. The van der Waals surface area contributed by atoms with Crippen LogP contribution in [0.15, 0.2) is 34.4 Å². The second-order valence-corrected chi connectivity index (χ2v) is 13.5. The number of sulfonamides is 1. The number of aromatic amines is 2. The molecule has 6 N–H and O–H groups in total. The first-order valence-corrected chi connectivity index (χ1v) is 16.0. The van der Waals surface area contributed by atoms with E-state index in [1.807, 2.05) is 0 Å². The van der Waals surface area contributed by atoms with E-state index in [9.17, 15) is 18.0 Å². The number of nitrogens with two attached hydrogens (primary N) is 1. The second kappa shape index (κ2) is 12.4. The Labute approximate surface area is 255 Å². The number of nitrogens with one attached hydrogen (secondary N) is 4. The van der Waals surface area contributed by atoms with E-state index in [0.29, 0.717) is 40.3 Å². The topological polar surface area (TPSA) is 230 Å². The van der Waals surface area contributed by atoms with Crippen molar-refractivity contribution in [2.45, 2.75) is 50.0 Å². The molecule has 4 aromatic rings. The van der Waals surface area contributed by atoms with Crippen molar-refractivity contribution < 1.29 is 22.9 Å². The number of benzene rings is 1. The van der Waals surface area contributed by atoms with E-state index in [4.69, 9.17) is 5.90 Å². The molecular formula is C25H30N12O5S2. The molecule has 17 nitrogen and oxygen atoms in total. The molecule has 0 aliphatic carbocycles. The molecule has 19 heteroatoms. The lowest BCUT2D eigenvalue weighted by atomic mass is 10.1. The first-order valence-electron chi connectivity index (χ1n) is 13.8. The Hall–Kier alpha value is -4.30. The van der Waals surface area contributed by atoms with Crippen LogP contribution in [0.4, 0.5) is 0 Å². The minimum Gasteiger partial charge on any atom is -0.349 e. The largest absolute Gasteiger partial charge is 0.349 e. The van der Waals surface area contributed by atoms with Crippen LogP contribution in [0.1, 0.15) is 45.1 Å². The SMILES string of the molecule is CC1Cc2nc(C(=O)N3CCN(S(=O)(=O)c4cc5ccc(/C=N/ON)cc5[nH]4)CC3CC(=O)NCc3nn[nH]n3)sc2CN1. The van der Waals surface area contributed by atoms with Crippen LogP contribution in [0.3, 0.4) is 0 Å². The van der Waals surface area contributed by atoms with E-state index in [2.05, 4.69) is 58.2 Å². The molecule has 1 saturated heterocycles. The molecule has 232 valence electrons. The summed E-state index contributed by atoms with van der Waals surface area (Å²) in [5.74, 6) is 4.52. The number of piperazine rings is 1. The minimum atomic E-state index is -4.02. The molecule has 0 bridgehead atoms. The van der Waals surface area contributed by atoms with Gasteiger partial charge in [-0.15, -0.1) is 27.4 Å². The molecule has 2 aliphatic heterocycles.